The van der Waals surface area contributed by atoms with Crippen molar-refractivity contribution in [3.8, 4) is 0 Å². The minimum Gasteiger partial charge on any atom is -0.397 e. The van der Waals surface area contributed by atoms with Crippen molar-refractivity contribution in [2.24, 2.45) is 10.7 Å². The van der Waals surface area contributed by atoms with Gasteiger partial charge >= 0.3 is 0 Å². The highest BCUT2D eigenvalue weighted by atomic mass is 35.5. The molecule has 2 nitrogen and oxygen atoms in total. The third kappa shape index (κ3) is 5.11. The number of allylic oxidation sites excluding steroid dienone is 2. The fourth-order valence-electron chi connectivity index (χ4n) is 0.329. The first-order valence-corrected chi connectivity index (χ1v) is 2.98. The minimum atomic E-state index is 0.464. The second-order valence-electron chi connectivity index (χ2n) is 1.37. The highest BCUT2D eigenvalue weighted by Crippen LogP contribution is 1.87. The van der Waals surface area contributed by atoms with E-state index in [0.717, 1.165) is 0 Å². The quantitative estimate of drug-likeness (QED) is 0.362. The lowest BCUT2D eigenvalue weighted by atomic mass is 10.4. The SMILES string of the molecule is C=N/C=C(N)\C=C/CCl. The van der Waals surface area contributed by atoms with E-state index in [-0.39, 0.29) is 0 Å². The van der Waals surface area contributed by atoms with Crippen LogP contribution in [0.4, 0.5) is 0 Å². The van der Waals surface area contributed by atoms with Crippen LogP contribution in [0, 0.1) is 0 Å². The van der Waals surface area contributed by atoms with Gasteiger partial charge in [-0.3, -0.25) is 4.99 Å². The van der Waals surface area contributed by atoms with Gasteiger partial charge in [-0.15, -0.1) is 11.6 Å². The van der Waals surface area contributed by atoms with Gasteiger partial charge in [0.25, 0.3) is 0 Å². The van der Waals surface area contributed by atoms with Crippen LogP contribution < -0.4 is 5.73 Å². The standard InChI is InChI=1S/C6H9ClN2/c1-9-5-6(8)3-2-4-7/h2-3,5H,1,4,8H2/b3-2-,6-5+. The van der Waals surface area contributed by atoms with Crippen LogP contribution in [-0.4, -0.2) is 12.6 Å². The van der Waals surface area contributed by atoms with Gasteiger partial charge in [-0.1, -0.05) is 6.08 Å². The van der Waals surface area contributed by atoms with E-state index in [4.69, 9.17) is 17.3 Å². The lowest BCUT2D eigenvalue weighted by Crippen LogP contribution is -1.90. The number of nitrogens with two attached hydrogens (primary N) is 1. The molecule has 9 heavy (non-hydrogen) atoms. The molecule has 0 spiro atoms. The van der Waals surface area contributed by atoms with E-state index in [2.05, 4.69) is 11.7 Å². The van der Waals surface area contributed by atoms with Crippen molar-refractivity contribution in [1.29, 1.82) is 0 Å². The monoisotopic (exact) mass is 144 g/mol. The summed E-state index contributed by atoms with van der Waals surface area (Å²) in [5, 5.41) is 0. The molecule has 0 saturated carbocycles. The zero-order chi connectivity index (χ0) is 7.11. The molecule has 0 aliphatic carbocycles. The Balaban J connectivity index is 3.74. The Morgan fingerprint density at radius 1 is 1.78 bits per heavy atom. The molecule has 0 bridgehead atoms. The maximum absolute atomic E-state index is 5.35. The predicted molar refractivity (Wildman–Crippen MR) is 41.7 cm³/mol. The summed E-state index contributed by atoms with van der Waals surface area (Å²) in [7, 11) is 0. The van der Waals surface area contributed by atoms with E-state index in [0.29, 0.717) is 11.6 Å². The van der Waals surface area contributed by atoms with E-state index in [1.54, 1.807) is 12.2 Å². The number of hydrogen-bond acceptors (Lipinski definition) is 2. The zero-order valence-electron chi connectivity index (χ0n) is 5.05. The minimum absolute atomic E-state index is 0.464. The van der Waals surface area contributed by atoms with Crippen LogP contribution >= 0.6 is 11.6 Å². The summed E-state index contributed by atoms with van der Waals surface area (Å²) in [6.45, 7) is 3.24. The van der Waals surface area contributed by atoms with Crippen LogP contribution in [-0.2, 0) is 0 Å². The second kappa shape index (κ2) is 5.38. The Morgan fingerprint density at radius 3 is 2.89 bits per heavy atom. The fourth-order valence-corrected chi connectivity index (χ4v) is 0.418. The Hall–Kier alpha value is -0.760. The average Bonchev–Trinajstić information content (AvgIpc) is 1.85. The van der Waals surface area contributed by atoms with Crippen LogP contribution in [0.25, 0.3) is 0 Å². The molecule has 0 amide bonds. The zero-order valence-corrected chi connectivity index (χ0v) is 5.80. The van der Waals surface area contributed by atoms with Crippen molar-refractivity contribution in [1.82, 2.24) is 0 Å². The van der Waals surface area contributed by atoms with E-state index in [1.165, 1.54) is 6.20 Å². The molecule has 0 aliphatic heterocycles. The Bertz CT molecular complexity index is 138. The summed E-state index contributed by atoms with van der Waals surface area (Å²) < 4.78 is 0. The van der Waals surface area contributed by atoms with Gasteiger partial charge in [0.05, 0.1) is 0 Å². The van der Waals surface area contributed by atoms with Gasteiger partial charge in [-0.05, 0) is 12.8 Å². The molecule has 3 heteroatoms. The Labute approximate surface area is 59.7 Å². The number of aliphatic imine (C=N–C) groups is 1. The number of hydrogen-bond donors (Lipinski definition) is 1. The van der Waals surface area contributed by atoms with Crippen molar-refractivity contribution >= 4 is 18.3 Å². The molecule has 0 aliphatic rings. The topological polar surface area (TPSA) is 38.4 Å². The average molecular weight is 145 g/mol. The van der Waals surface area contributed by atoms with Gasteiger partial charge in [0.1, 0.15) is 0 Å². The van der Waals surface area contributed by atoms with Gasteiger partial charge in [-0.25, -0.2) is 0 Å². The van der Waals surface area contributed by atoms with E-state index >= 15 is 0 Å². The number of halogens is 1. The maximum Gasteiger partial charge on any atom is 0.0496 e. The molecule has 0 atom stereocenters. The van der Waals surface area contributed by atoms with Crippen molar-refractivity contribution in [2.45, 2.75) is 0 Å². The first-order valence-electron chi connectivity index (χ1n) is 2.45. The number of alkyl halides is 1. The van der Waals surface area contributed by atoms with Crippen LogP contribution in [0.3, 0.4) is 0 Å². The van der Waals surface area contributed by atoms with Gasteiger partial charge in [0.2, 0.25) is 0 Å². The van der Waals surface area contributed by atoms with E-state index in [1.807, 2.05) is 0 Å². The van der Waals surface area contributed by atoms with Crippen molar-refractivity contribution in [2.75, 3.05) is 5.88 Å². The number of nitrogens with zero attached hydrogens (tertiary/aromatic N) is 1. The molecule has 0 aromatic rings. The molecule has 0 fully saturated rings. The summed E-state index contributed by atoms with van der Waals surface area (Å²) in [6, 6.07) is 0. The smallest absolute Gasteiger partial charge is 0.0496 e. The molecular formula is C6H9ClN2. The normalized spacial score (nSPS) is 12.3. The molecule has 0 aromatic heterocycles. The lowest BCUT2D eigenvalue weighted by Gasteiger charge is -1.85. The molecule has 0 unspecified atom stereocenters. The number of rotatable bonds is 3. The van der Waals surface area contributed by atoms with E-state index < -0.39 is 0 Å². The highest BCUT2D eigenvalue weighted by Gasteiger charge is 1.75. The molecule has 0 aromatic carbocycles. The summed E-state index contributed by atoms with van der Waals surface area (Å²) >= 11 is 5.33. The predicted octanol–water partition coefficient (Wildman–Crippen LogP) is 1.28. The fraction of sp³-hybridized carbons (Fsp3) is 0.167. The molecule has 2 N–H and O–H groups in total. The second-order valence-corrected chi connectivity index (χ2v) is 1.68. The van der Waals surface area contributed by atoms with E-state index in [9.17, 15) is 0 Å². The summed E-state index contributed by atoms with van der Waals surface area (Å²) in [6.07, 6.45) is 4.88. The Morgan fingerprint density at radius 2 is 2.44 bits per heavy atom. The highest BCUT2D eigenvalue weighted by molar-refractivity contribution is 6.18. The first-order chi connectivity index (χ1) is 4.31. The van der Waals surface area contributed by atoms with Crippen LogP contribution in [0.1, 0.15) is 0 Å². The van der Waals surface area contributed by atoms with Crippen LogP contribution in [0.15, 0.2) is 29.0 Å². The summed E-state index contributed by atoms with van der Waals surface area (Å²) in [5.41, 5.74) is 5.91. The molecule has 0 rings (SSSR count). The van der Waals surface area contributed by atoms with Gasteiger partial charge in [0.15, 0.2) is 0 Å². The molecule has 0 radical (unpaired) electrons. The van der Waals surface area contributed by atoms with Gasteiger partial charge in [-0.2, -0.15) is 0 Å². The Kier molecular flexibility index (Phi) is 4.92. The van der Waals surface area contributed by atoms with Crippen molar-refractivity contribution < 1.29 is 0 Å². The largest absolute Gasteiger partial charge is 0.397 e. The molecule has 0 heterocycles. The molecular weight excluding hydrogens is 136 g/mol. The van der Waals surface area contributed by atoms with Gasteiger partial charge < -0.3 is 5.73 Å². The maximum atomic E-state index is 5.35. The third-order valence-corrected chi connectivity index (χ3v) is 0.818. The van der Waals surface area contributed by atoms with Crippen LogP contribution in [0.2, 0.25) is 0 Å². The summed E-state index contributed by atoms with van der Waals surface area (Å²) in [5.74, 6) is 0.464. The van der Waals surface area contributed by atoms with Crippen molar-refractivity contribution in [3.63, 3.8) is 0 Å². The lowest BCUT2D eigenvalue weighted by molar-refractivity contribution is 1.36. The first kappa shape index (κ1) is 8.24. The molecule has 50 valence electrons. The third-order valence-electron chi connectivity index (χ3n) is 0.640. The summed E-state index contributed by atoms with van der Waals surface area (Å²) in [4.78, 5) is 3.46. The van der Waals surface area contributed by atoms with Crippen LogP contribution in [0.5, 0.6) is 0 Å². The molecule has 0 saturated heterocycles. The van der Waals surface area contributed by atoms with Crippen molar-refractivity contribution in [3.05, 3.63) is 24.0 Å². The van der Waals surface area contributed by atoms with Gasteiger partial charge in [0, 0.05) is 17.8 Å².